The SMILES string of the molecule is CCCCCCCCCCC[C@@H](C[C@@H]1OC(=O)[C@H]1CCCCCCCC)OC(=O)[C@@H](CC(C)C)NC=O. The van der Waals surface area contributed by atoms with Gasteiger partial charge in [0.05, 0.1) is 5.92 Å². The molecular weight excluding hydrogens is 466 g/mol. The Labute approximate surface area is 227 Å². The lowest BCUT2D eigenvalue weighted by Crippen LogP contribution is -2.48. The van der Waals surface area contributed by atoms with Gasteiger partial charge in [-0.15, -0.1) is 0 Å². The molecule has 216 valence electrons. The molecule has 6 nitrogen and oxygen atoms in total. The van der Waals surface area contributed by atoms with Crippen molar-refractivity contribution in [2.75, 3.05) is 0 Å². The van der Waals surface area contributed by atoms with Crippen molar-refractivity contribution in [1.29, 1.82) is 0 Å². The summed E-state index contributed by atoms with van der Waals surface area (Å²) in [7, 11) is 0. The van der Waals surface area contributed by atoms with Gasteiger partial charge in [0.15, 0.2) is 0 Å². The van der Waals surface area contributed by atoms with Gasteiger partial charge in [-0.2, -0.15) is 0 Å². The standard InChI is InChI=1S/C31H57NO5/c1-5-7-9-11-13-14-15-16-18-20-26(36-31(35)28(32-24-33)22-25(3)4)23-29-27(30(34)37-29)21-19-17-12-10-8-6-2/h24-29H,5-23H2,1-4H3,(H,32,33)/t26-,27-,28+,29-/m0/s1. The highest BCUT2D eigenvalue weighted by molar-refractivity contribution is 5.79. The molecule has 0 saturated carbocycles. The zero-order valence-corrected chi connectivity index (χ0v) is 24.4. The zero-order chi connectivity index (χ0) is 27.3. The molecule has 0 aliphatic carbocycles. The second-order valence-electron chi connectivity index (χ2n) is 11.5. The topological polar surface area (TPSA) is 81.7 Å². The number of rotatable bonds is 25. The third-order valence-electron chi connectivity index (χ3n) is 7.56. The molecule has 0 bridgehead atoms. The van der Waals surface area contributed by atoms with E-state index in [1.165, 1.54) is 70.6 Å². The molecule has 1 N–H and O–H groups in total. The Hall–Kier alpha value is -1.59. The second-order valence-corrected chi connectivity index (χ2v) is 11.5. The Morgan fingerprint density at radius 1 is 0.892 bits per heavy atom. The number of nitrogens with one attached hydrogen (secondary N) is 1. The molecule has 4 atom stereocenters. The first-order chi connectivity index (χ1) is 17.9. The quantitative estimate of drug-likeness (QED) is 0.0754. The van der Waals surface area contributed by atoms with E-state index in [0.29, 0.717) is 19.3 Å². The van der Waals surface area contributed by atoms with Crippen LogP contribution in [0.5, 0.6) is 0 Å². The summed E-state index contributed by atoms with van der Waals surface area (Å²) >= 11 is 0. The maximum Gasteiger partial charge on any atom is 0.328 e. The van der Waals surface area contributed by atoms with Crippen LogP contribution in [0.3, 0.4) is 0 Å². The van der Waals surface area contributed by atoms with Crippen LogP contribution in [0.4, 0.5) is 0 Å². The van der Waals surface area contributed by atoms with Crippen LogP contribution in [-0.2, 0) is 23.9 Å². The van der Waals surface area contributed by atoms with E-state index in [1.54, 1.807) is 0 Å². The van der Waals surface area contributed by atoms with Crippen molar-refractivity contribution in [3.63, 3.8) is 0 Å². The summed E-state index contributed by atoms with van der Waals surface area (Å²) in [5, 5.41) is 2.63. The van der Waals surface area contributed by atoms with Crippen molar-refractivity contribution in [1.82, 2.24) is 5.32 Å². The summed E-state index contributed by atoms with van der Waals surface area (Å²) in [5.41, 5.74) is 0. The number of esters is 2. The Bertz CT molecular complexity index is 608. The molecule has 1 saturated heterocycles. The molecule has 1 aliphatic rings. The lowest BCUT2D eigenvalue weighted by Gasteiger charge is -2.37. The summed E-state index contributed by atoms with van der Waals surface area (Å²) in [4.78, 5) is 36.2. The molecule has 1 amide bonds. The molecule has 1 heterocycles. The van der Waals surface area contributed by atoms with Gasteiger partial charge < -0.3 is 14.8 Å². The van der Waals surface area contributed by atoms with Gasteiger partial charge in [0.25, 0.3) is 0 Å². The highest BCUT2D eigenvalue weighted by Gasteiger charge is 2.43. The molecular formula is C31H57NO5. The number of carbonyl (C=O) groups is 3. The first-order valence-corrected chi connectivity index (χ1v) is 15.5. The number of unbranched alkanes of at least 4 members (excludes halogenated alkanes) is 13. The first kappa shape index (κ1) is 33.4. The third-order valence-corrected chi connectivity index (χ3v) is 7.56. The van der Waals surface area contributed by atoms with E-state index in [2.05, 4.69) is 19.2 Å². The normalized spacial score (nSPS) is 18.7. The fourth-order valence-corrected chi connectivity index (χ4v) is 5.26. The maximum absolute atomic E-state index is 12.9. The number of carbonyl (C=O) groups excluding carboxylic acids is 3. The summed E-state index contributed by atoms with van der Waals surface area (Å²) in [6, 6.07) is -0.633. The molecule has 1 rings (SSSR count). The fraction of sp³-hybridized carbons (Fsp3) is 0.903. The summed E-state index contributed by atoms with van der Waals surface area (Å²) in [6.45, 7) is 8.50. The molecule has 0 aromatic heterocycles. The number of amides is 1. The van der Waals surface area contributed by atoms with Crippen LogP contribution in [-0.4, -0.2) is 36.6 Å². The predicted molar refractivity (Wildman–Crippen MR) is 150 cm³/mol. The van der Waals surface area contributed by atoms with E-state index in [1.807, 2.05) is 13.8 Å². The Morgan fingerprint density at radius 3 is 1.95 bits per heavy atom. The van der Waals surface area contributed by atoms with Gasteiger partial charge in [-0.3, -0.25) is 9.59 Å². The summed E-state index contributed by atoms with van der Waals surface area (Å²) < 4.78 is 11.5. The minimum atomic E-state index is -0.633. The molecule has 37 heavy (non-hydrogen) atoms. The first-order valence-electron chi connectivity index (χ1n) is 15.5. The number of cyclic esters (lactones) is 1. The van der Waals surface area contributed by atoms with E-state index in [-0.39, 0.29) is 36.0 Å². The van der Waals surface area contributed by atoms with Crippen LogP contribution in [0, 0.1) is 11.8 Å². The predicted octanol–water partition coefficient (Wildman–Crippen LogP) is 7.66. The van der Waals surface area contributed by atoms with Crippen molar-refractivity contribution in [2.24, 2.45) is 11.8 Å². The minimum Gasteiger partial charge on any atom is -0.461 e. The Balaban J connectivity index is 2.57. The lowest BCUT2D eigenvalue weighted by molar-refractivity contribution is -0.190. The van der Waals surface area contributed by atoms with E-state index in [9.17, 15) is 14.4 Å². The van der Waals surface area contributed by atoms with Crippen LogP contribution in [0.1, 0.15) is 150 Å². The fourth-order valence-electron chi connectivity index (χ4n) is 5.26. The molecule has 0 aromatic rings. The van der Waals surface area contributed by atoms with Crippen molar-refractivity contribution in [2.45, 2.75) is 168 Å². The molecule has 0 aromatic carbocycles. The van der Waals surface area contributed by atoms with E-state index < -0.39 is 6.04 Å². The van der Waals surface area contributed by atoms with Gasteiger partial charge in [0, 0.05) is 6.42 Å². The average molecular weight is 524 g/mol. The van der Waals surface area contributed by atoms with Gasteiger partial charge >= 0.3 is 11.9 Å². The smallest absolute Gasteiger partial charge is 0.328 e. The van der Waals surface area contributed by atoms with Crippen LogP contribution < -0.4 is 5.32 Å². The van der Waals surface area contributed by atoms with Crippen molar-refractivity contribution >= 4 is 18.3 Å². The highest BCUT2D eigenvalue weighted by atomic mass is 16.6. The van der Waals surface area contributed by atoms with E-state index >= 15 is 0 Å². The molecule has 0 unspecified atom stereocenters. The number of ether oxygens (including phenoxy) is 2. The summed E-state index contributed by atoms with van der Waals surface area (Å²) in [6.07, 6.45) is 21.2. The molecule has 0 spiro atoms. The van der Waals surface area contributed by atoms with Gasteiger partial charge in [0.1, 0.15) is 18.2 Å². The van der Waals surface area contributed by atoms with Gasteiger partial charge in [-0.05, 0) is 31.6 Å². The van der Waals surface area contributed by atoms with Crippen LogP contribution in [0.15, 0.2) is 0 Å². The van der Waals surface area contributed by atoms with Crippen LogP contribution in [0.2, 0.25) is 0 Å². The van der Waals surface area contributed by atoms with Crippen molar-refractivity contribution < 1.29 is 23.9 Å². The van der Waals surface area contributed by atoms with Crippen LogP contribution in [0.25, 0.3) is 0 Å². The maximum atomic E-state index is 12.9. The Kier molecular flexibility index (Phi) is 19.3. The van der Waals surface area contributed by atoms with Gasteiger partial charge in [0.2, 0.25) is 6.41 Å². The lowest BCUT2D eigenvalue weighted by atomic mass is 9.86. The number of hydrogen-bond donors (Lipinski definition) is 1. The van der Waals surface area contributed by atoms with Gasteiger partial charge in [-0.25, -0.2) is 4.79 Å². The van der Waals surface area contributed by atoms with Crippen molar-refractivity contribution in [3.05, 3.63) is 0 Å². The van der Waals surface area contributed by atoms with Gasteiger partial charge in [-0.1, -0.05) is 118 Å². The Morgan fingerprint density at radius 2 is 1.43 bits per heavy atom. The molecule has 6 heteroatoms. The zero-order valence-electron chi connectivity index (χ0n) is 24.4. The van der Waals surface area contributed by atoms with Crippen LogP contribution >= 0.6 is 0 Å². The number of hydrogen-bond acceptors (Lipinski definition) is 5. The molecule has 0 radical (unpaired) electrons. The average Bonchev–Trinajstić information content (AvgIpc) is 2.86. The summed E-state index contributed by atoms with van der Waals surface area (Å²) in [5.74, 6) is -0.294. The third kappa shape index (κ3) is 15.4. The van der Waals surface area contributed by atoms with E-state index in [0.717, 1.165) is 38.5 Å². The van der Waals surface area contributed by atoms with Crippen molar-refractivity contribution in [3.8, 4) is 0 Å². The molecule has 1 aliphatic heterocycles. The largest absolute Gasteiger partial charge is 0.461 e. The highest BCUT2D eigenvalue weighted by Crippen LogP contribution is 2.33. The minimum absolute atomic E-state index is 0.0740. The second kappa shape index (κ2) is 21.4. The van der Waals surface area contributed by atoms with E-state index in [4.69, 9.17) is 9.47 Å². The monoisotopic (exact) mass is 523 g/mol. The molecule has 1 fully saturated rings.